The maximum absolute atomic E-state index is 14.5. The van der Waals surface area contributed by atoms with Crippen molar-refractivity contribution < 1.29 is 14.4 Å². The molecular formula is C18H24FN3O2. The second-order valence-corrected chi connectivity index (χ2v) is 7.61. The van der Waals surface area contributed by atoms with Crippen LogP contribution < -0.4 is 10.8 Å². The third kappa shape index (κ3) is 2.72. The van der Waals surface area contributed by atoms with Crippen molar-refractivity contribution in [1.82, 2.24) is 15.7 Å². The van der Waals surface area contributed by atoms with Gasteiger partial charge in [0.2, 0.25) is 0 Å². The first-order chi connectivity index (χ1) is 11.6. The molecule has 1 saturated carbocycles. The number of hydrogen-bond donors (Lipinski definition) is 3. The summed E-state index contributed by atoms with van der Waals surface area (Å²) in [5.41, 5.74) is 3.83. The molecule has 1 atom stereocenters. The number of hydroxylamine groups is 1. The molecule has 1 saturated heterocycles. The van der Waals surface area contributed by atoms with Crippen LogP contribution in [0.1, 0.15) is 47.2 Å². The van der Waals surface area contributed by atoms with Gasteiger partial charge in [0.15, 0.2) is 0 Å². The predicted octanol–water partition coefficient (Wildman–Crippen LogP) is 1.83. The Kier molecular flexibility index (Phi) is 4.06. The van der Waals surface area contributed by atoms with Gasteiger partial charge in [-0.15, -0.1) is 0 Å². The van der Waals surface area contributed by atoms with Crippen molar-refractivity contribution in [1.29, 1.82) is 0 Å². The topological polar surface area (TPSA) is 64.6 Å². The van der Waals surface area contributed by atoms with Gasteiger partial charge in [-0.1, -0.05) is 6.42 Å². The molecule has 0 radical (unpaired) electrons. The second-order valence-electron chi connectivity index (χ2n) is 7.61. The van der Waals surface area contributed by atoms with E-state index in [1.54, 1.807) is 11.5 Å². The fourth-order valence-electron chi connectivity index (χ4n) is 4.68. The van der Waals surface area contributed by atoms with Crippen LogP contribution in [0.5, 0.6) is 0 Å². The fourth-order valence-corrected chi connectivity index (χ4v) is 4.68. The van der Waals surface area contributed by atoms with Crippen molar-refractivity contribution in [2.24, 2.45) is 5.41 Å². The molecule has 1 amide bonds. The zero-order chi connectivity index (χ0) is 16.7. The number of hydrogen-bond acceptors (Lipinski definition) is 4. The molecule has 0 unspecified atom stereocenters. The molecule has 2 fully saturated rings. The first kappa shape index (κ1) is 16.0. The van der Waals surface area contributed by atoms with E-state index in [0.29, 0.717) is 23.6 Å². The fraction of sp³-hybridized carbons (Fsp3) is 0.611. The number of amides is 1. The minimum atomic E-state index is -0.661. The molecule has 2 heterocycles. The zero-order valence-electron chi connectivity index (χ0n) is 13.8. The molecule has 2 aliphatic heterocycles. The van der Waals surface area contributed by atoms with Crippen molar-refractivity contribution in [2.75, 3.05) is 19.6 Å². The van der Waals surface area contributed by atoms with Crippen LogP contribution in [0, 0.1) is 11.2 Å². The number of rotatable bonds is 2. The summed E-state index contributed by atoms with van der Waals surface area (Å²) in [7, 11) is 0. The number of nitrogens with zero attached hydrogens (tertiary/aromatic N) is 1. The molecule has 0 bridgehead atoms. The van der Waals surface area contributed by atoms with Crippen LogP contribution in [-0.2, 0) is 13.0 Å². The summed E-state index contributed by atoms with van der Waals surface area (Å²) in [6.07, 6.45) is 5.73. The highest BCUT2D eigenvalue weighted by Crippen LogP contribution is 2.42. The Labute approximate surface area is 141 Å². The van der Waals surface area contributed by atoms with E-state index in [-0.39, 0.29) is 11.4 Å². The number of carbonyl (C=O) groups excluding carboxylic acids is 1. The Morgan fingerprint density at radius 2 is 2.25 bits per heavy atom. The van der Waals surface area contributed by atoms with Gasteiger partial charge >= 0.3 is 0 Å². The maximum atomic E-state index is 14.5. The zero-order valence-corrected chi connectivity index (χ0v) is 13.8. The molecular weight excluding hydrogens is 309 g/mol. The summed E-state index contributed by atoms with van der Waals surface area (Å²) in [4.78, 5) is 14.0. The Hall–Kier alpha value is -1.50. The first-order valence-electron chi connectivity index (χ1n) is 8.81. The van der Waals surface area contributed by atoms with E-state index >= 15 is 0 Å². The Morgan fingerprint density at radius 1 is 1.42 bits per heavy atom. The van der Waals surface area contributed by atoms with Crippen LogP contribution in [0.25, 0.3) is 0 Å². The van der Waals surface area contributed by atoms with Crippen LogP contribution in [0.2, 0.25) is 0 Å². The SMILES string of the molecule is O=C(NO)c1cc(F)c2c(c1)CCN([C@@H]1CCCC3(CNC3)C1)C2. The molecule has 130 valence electrons. The van der Waals surface area contributed by atoms with E-state index in [1.807, 2.05) is 0 Å². The van der Waals surface area contributed by atoms with Crippen LogP contribution >= 0.6 is 0 Å². The number of benzene rings is 1. The largest absolute Gasteiger partial charge is 0.316 e. The highest BCUT2D eigenvalue weighted by atomic mass is 19.1. The molecule has 5 nitrogen and oxygen atoms in total. The molecule has 4 rings (SSSR count). The third-order valence-corrected chi connectivity index (χ3v) is 6.11. The van der Waals surface area contributed by atoms with E-state index in [9.17, 15) is 9.18 Å². The first-order valence-corrected chi connectivity index (χ1v) is 8.81. The Balaban J connectivity index is 1.52. The Bertz CT molecular complexity index is 660. The van der Waals surface area contributed by atoms with E-state index in [0.717, 1.165) is 31.6 Å². The average molecular weight is 333 g/mol. The molecule has 3 N–H and O–H groups in total. The van der Waals surface area contributed by atoms with E-state index in [2.05, 4.69) is 10.2 Å². The summed E-state index contributed by atoms with van der Waals surface area (Å²) in [6.45, 7) is 3.78. The highest BCUT2D eigenvalue weighted by molar-refractivity contribution is 5.93. The maximum Gasteiger partial charge on any atom is 0.274 e. The van der Waals surface area contributed by atoms with Gasteiger partial charge in [-0.3, -0.25) is 14.9 Å². The van der Waals surface area contributed by atoms with Crippen LogP contribution in [-0.4, -0.2) is 41.7 Å². The third-order valence-electron chi connectivity index (χ3n) is 6.11. The minimum Gasteiger partial charge on any atom is -0.316 e. The molecule has 1 spiro atoms. The minimum absolute atomic E-state index is 0.180. The lowest BCUT2D eigenvalue weighted by Gasteiger charge is -2.51. The van der Waals surface area contributed by atoms with E-state index in [4.69, 9.17) is 5.21 Å². The summed E-state index contributed by atoms with van der Waals surface area (Å²) in [5.74, 6) is -1.00. The van der Waals surface area contributed by atoms with E-state index < -0.39 is 5.91 Å². The summed E-state index contributed by atoms with van der Waals surface area (Å²) >= 11 is 0. The van der Waals surface area contributed by atoms with Gasteiger partial charge < -0.3 is 5.32 Å². The number of carbonyl (C=O) groups is 1. The molecule has 1 aromatic rings. The summed E-state index contributed by atoms with van der Waals surface area (Å²) < 4.78 is 14.5. The van der Waals surface area contributed by atoms with Crippen molar-refractivity contribution in [2.45, 2.75) is 44.7 Å². The van der Waals surface area contributed by atoms with Crippen LogP contribution in [0.15, 0.2) is 12.1 Å². The lowest BCUT2D eigenvalue weighted by atomic mass is 9.67. The Morgan fingerprint density at radius 3 is 2.96 bits per heavy atom. The number of nitrogens with one attached hydrogen (secondary N) is 2. The van der Waals surface area contributed by atoms with Crippen LogP contribution in [0.4, 0.5) is 4.39 Å². The lowest BCUT2D eigenvalue weighted by Crippen LogP contribution is -2.58. The summed E-state index contributed by atoms with van der Waals surface area (Å²) in [5, 5.41) is 12.1. The monoisotopic (exact) mass is 333 g/mol. The summed E-state index contributed by atoms with van der Waals surface area (Å²) in [6, 6.07) is 3.47. The van der Waals surface area contributed by atoms with Crippen LogP contribution in [0.3, 0.4) is 0 Å². The second kappa shape index (κ2) is 6.10. The molecule has 0 aromatic heterocycles. The highest BCUT2D eigenvalue weighted by Gasteiger charge is 2.43. The van der Waals surface area contributed by atoms with Gasteiger partial charge in [-0.25, -0.2) is 9.87 Å². The average Bonchev–Trinajstić information content (AvgIpc) is 2.59. The van der Waals surface area contributed by atoms with Gasteiger partial charge in [0.1, 0.15) is 5.82 Å². The molecule has 6 heteroatoms. The standard InChI is InChI=1S/C18H24FN3O2/c19-16-7-13(17(23)21-24)6-12-3-5-22(9-15(12)16)14-2-1-4-18(8-14)10-20-11-18/h6-7,14,20,24H,1-5,8-11H2,(H,21,23)/t14-/m1/s1. The quantitative estimate of drug-likeness (QED) is 0.571. The molecule has 24 heavy (non-hydrogen) atoms. The van der Waals surface area contributed by atoms with Crippen molar-refractivity contribution in [3.05, 3.63) is 34.6 Å². The number of fused-ring (bicyclic) bond motifs is 1. The van der Waals surface area contributed by atoms with Crippen molar-refractivity contribution in [3.8, 4) is 0 Å². The lowest BCUT2D eigenvalue weighted by molar-refractivity contribution is 0.0296. The smallest absolute Gasteiger partial charge is 0.274 e. The molecule has 3 aliphatic rings. The number of halogens is 1. The normalized spacial score (nSPS) is 25.8. The van der Waals surface area contributed by atoms with E-state index in [1.165, 1.54) is 31.7 Å². The van der Waals surface area contributed by atoms with Gasteiger partial charge in [0.25, 0.3) is 5.91 Å². The molecule has 1 aliphatic carbocycles. The van der Waals surface area contributed by atoms with Gasteiger partial charge in [0, 0.05) is 43.3 Å². The molecule has 1 aromatic carbocycles. The van der Waals surface area contributed by atoms with Gasteiger partial charge in [0.05, 0.1) is 0 Å². The van der Waals surface area contributed by atoms with Gasteiger partial charge in [-0.2, -0.15) is 0 Å². The van der Waals surface area contributed by atoms with Crippen molar-refractivity contribution in [3.63, 3.8) is 0 Å². The van der Waals surface area contributed by atoms with Crippen molar-refractivity contribution >= 4 is 5.91 Å². The predicted molar refractivity (Wildman–Crippen MR) is 87.3 cm³/mol. The van der Waals surface area contributed by atoms with Gasteiger partial charge in [-0.05, 0) is 48.8 Å².